The zero-order valence-electron chi connectivity index (χ0n) is 8.74. The Kier molecular flexibility index (Phi) is 4.03. The Morgan fingerprint density at radius 3 is 2.00 bits per heavy atom. The first kappa shape index (κ1) is 11.7. The molecule has 0 radical (unpaired) electrons. The zero-order valence-corrected chi connectivity index (χ0v) is 11.1. The van der Waals surface area contributed by atoms with Gasteiger partial charge in [0.25, 0.3) is 0 Å². The molecule has 0 amide bonds. The average Bonchev–Trinajstić information content (AvgIpc) is 2.39. The van der Waals surface area contributed by atoms with Crippen LogP contribution in [0.25, 0.3) is 0 Å². The molecule has 0 spiro atoms. The van der Waals surface area contributed by atoms with Gasteiger partial charge in [0.05, 0.1) is 5.38 Å². The van der Waals surface area contributed by atoms with Crippen molar-refractivity contribution in [3.05, 3.63) is 71.3 Å². The molecule has 0 aliphatic heterocycles. The first-order valence-corrected chi connectivity index (χ1v) is 6.71. The van der Waals surface area contributed by atoms with Crippen LogP contribution in [0.5, 0.6) is 0 Å². The SMILES string of the molecule is ClC(c1ccccc1)c1ccc(CBr)cc1. The highest BCUT2D eigenvalue weighted by Gasteiger charge is 2.09. The molecule has 0 nitrogen and oxygen atoms in total. The lowest BCUT2D eigenvalue weighted by Gasteiger charge is -2.10. The van der Waals surface area contributed by atoms with E-state index in [0.29, 0.717) is 0 Å². The largest absolute Gasteiger partial charge is 0.113 e. The monoisotopic (exact) mass is 294 g/mol. The second kappa shape index (κ2) is 5.51. The Bertz CT molecular complexity index is 436. The molecule has 0 bridgehead atoms. The molecule has 2 aromatic rings. The molecule has 2 aromatic carbocycles. The number of hydrogen-bond donors (Lipinski definition) is 0. The van der Waals surface area contributed by atoms with E-state index in [1.165, 1.54) is 5.56 Å². The smallest absolute Gasteiger partial charge is 0.0835 e. The first-order chi connectivity index (χ1) is 7.81. The molecule has 16 heavy (non-hydrogen) atoms. The van der Waals surface area contributed by atoms with E-state index in [4.69, 9.17) is 11.6 Å². The molecule has 0 saturated carbocycles. The average molecular weight is 296 g/mol. The number of rotatable bonds is 3. The minimum absolute atomic E-state index is 0.0643. The van der Waals surface area contributed by atoms with E-state index in [1.807, 2.05) is 18.2 Å². The maximum absolute atomic E-state index is 6.42. The molecule has 0 aromatic heterocycles. The van der Waals surface area contributed by atoms with Crippen LogP contribution in [0.3, 0.4) is 0 Å². The Morgan fingerprint density at radius 1 is 0.875 bits per heavy atom. The summed E-state index contributed by atoms with van der Waals surface area (Å²) < 4.78 is 0. The Morgan fingerprint density at radius 2 is 1.44 bits per heavy atom. The summed E-state index contributed by atoms with van der Waals surface area (Å²) in [5, 5.41) is 0.816. The molecule has 2 heteroatoms. The maximum atomic E-state index is 6.42. The zero-order chi connectivity index (χ0) is 11.4. The second-order valence-corrected chi connectivity index (χ2v) is 4.65. The van der Waals surface area contributed by atoms with E-state index in [0.717, 1.165) is 16.5 Å². The van der Waals surface area contributed by atoms with Crippen LogP contribution in [0.4, 0.5) is 0 Å². The maximum Gasteiger partial charge on any atom is 0.0835 e. The molecule has 2 rings (SSSR count). The minimum atomic E-state index is -0.0643. The number of hydrogen-bond acceptors (Lipinski definition) is 0. The number of halogens is 2. The summed E-state index contributed by atoms with van der Waals surface area (Å²) in [4.78, 5) is 0. The van der Waals surface area contributed by atoms with Crippen molar-refractivity contribution < 1.29 is 0 Å². The molecule has 1 atom stereocenters. The van der Waals surface area contributed by atoms with Gasteiger partial charge in [-0.05, 0) is 16.7 Å². The van der Waals surface area contributed by atoms with Gasteiger partial charge >= 0.3 is 0 Å². The Labute approximate surface area is 109 Å². The molecule has 0 aliphatic carbocycles. The standard InChI is InChI=1S/C14H12BrCl/c15-10-11-6-8-13(9-7-11)14(16)12-4-2-1-3-5-12/h1-9,14H,10H2. The van der Waals surface area contributed by atoms with Crippen LogP contribution in [0, 0.1) is 0 Å². The third kappa shape index (κ3) is 2.66. The second-order valence-electron chi connectivity index (χ2n) is 3.65. The molecule has 0 aliphatic rings. The predicted octanol–water partition coefficient (Wildman–Crippen LogP) is 4.91. The fourth-order valence-electron chi connectivity index (χ4n) is 1.59. The van der Waals surface area contributed by atoms with E-state index in [2.05, 4.69) is 52.3 Å². The van der Waals surface area contributed by atoms with Gasteiger partial charge in [-0.2, -0.15) is 0 Å². The molecular weight excluding hydrogens is 284 g/mol. The predicted molar refractivity (Wildman–Crippen MR) is 73.2 cm³/mol. The summed E-state index contributed by atoms with van der Waals surface area (Å²) in [6.07, 6.45) is 0. The highest BCUT2D eigenvalue weighted by Crippen LogP contribution is 2.28. The van der Waals surface area contributed by atoms with Crippen molar-refractivity contribution in [2.75, 3.05) is 0 Å². The van der Waals surface area contributed by atoms with Crippen molar-refractivity contribution in [1.82, 2.24) is 0 Å². The summed E-state index contributed by atoms with van der Waals surface area (Å²) in [7, 11) is 0. The van der Waals surface area contributed by atoms with Crippen LogP contribution < -0.4 is 0 Å². The van der Waals surface area contributed by atoms with E-state index in [9.17, 15) is 0 Å². The van der Waals surface area contributed by atoms with E-state index in [1.54, 1.807) is 0 Å². The summed E-state index contributed by atoms with van der Waals surface area (Å²) in [6.45, 7) is 0. The van der Waals surface area contributed by atoms with Crippen molar-refractivity contribution in [2.45, 2.75) is 10.7 Å². The highest BCUT2D eigenvalue weighted by atomic mass is 79.9. The van der Waals surface area contributed by atoms with Gasteiger partial charge < -0.3 is 0 Å². The van der Waals surface area contributed by atoms with E-state index >= 15 is 0 Å². The van der Waals surface area contributed by atoms with Gasteiger partial charge in [-0.15, -0.1) is 11.6 Å². The summed E-state index contributed by atoms with van der Waals surface area (Å²) in [6, 6.07) is 18.5. The van der Waals surface area contributed by atoms with Gasteiger partial charge in [0.15, 0.2) is 0 Å². The normalized spacial score (nSPS) is 12.4. The third-order valence-corrected chi connectivity index (χ3v) is 3.67. The van der Waals surface area contributed by atoms with Crippen LogP contribution in [0.2, 0.25) is 0 Å². The fourth-order valence-corrected chi connectivity index (χ4v) is 2.25. The summed E-state index contributed by atoms with van der Waals surface area (Å²) in [5.74, 6) is 0. The van der Waals surface area contributed by atoms with Crippen LogP contribution >= 0.6 is 27.5 Å². The van der Waals surface area contributed by atoms with Gasteiger partial charge in [0.1, 0.15) is 0 Å². The van der Waals surface area contributed by atoms with E-state index in [-0.39, 0.29) is 5.38 Å². The van der Waals surface area contributed by atoms with Crippen LogP contribution in [0.15, 0.2) is 54.6 Å². The van der Waals surface area contributed by atoms with Crippen LogP contribution in [-0.2, 0) is 5.33 Å². The van der Waals surface area contributed by atoms with Crippen LogP contribution in [0.1, 0.15) is 22.1 Å². The van der Waals surface area contributed by atoms with Gasteiger partial charge in [0.2, 0.25) is 0 Å². The topological polar surface area (TPSA) is 0 Å². The lowest BCUT2D eigenvalue weighted by Crippen LogP contribution is -1.92. The van der Waals surface area contributed by atoms with Gasteiger partial charge in [-0.25, -0.2) is 0 Å². The summed E-state index contributed by atoms with van der Waals surface area (Å²) >= 11 is 9.85. The molecule has 0 fully saturated rings. The van der Waals surface area contributed by atoms with Crippen molar-refractivity contribution in [1.29, 1.82) is 0 Å². The number of alkyl halides is 2. The van der Waals surface area contributed by atoms with E-state index < -0.39 is 0 Å². The van der Waals surface area contributed by atoms with Crippen molar-refractivity contribution in [3.63, 3.8) is 0 Å². The molecule has 0 N–H and O–H groups in total. The third-order valence-electron chi connectivity index (χ3n) is 2.52. The lowest BCUT2D eigenvalue weighted by molar-refractivity contribution is 1.14. The molecular formula is C14H12BrCl. The van der Waals surface area contributed by atoms with Gasteiger partial charge in [-0.3, -0.25) is 0 Å². The fraction of sp³-hybridized carbons (Fsp3) is 0.143. The molecule has 82 valence electrons. The Hall–Kier alpha value is -0.790. The minimum Gasteiger partial charge on any atom is -0.113 e. The lowest BCUT2D eigenvalue weighted by atomic mass is 10.0. The molecule has 0 heterocycles. The molecule has 1 unspecified atom stereocenters. The van der Waals surface area contributed by atoms with Crippen molar-refractivity contribution >= 4 is 27.5 Å². The van der Waals surface area contributed by atoms with Gasteiger partial charge in [0, 0.05) is 5.33 Å². The summed E-state index contributed by atoms with van der Waals surface area (Å²) in [5.41, 5.74) is 3.54. The van der Waals surface area contributed by atoms with Gasteiger partial charge in [-0.1, -0.05) is 70.5 Å². The highest BCUT2D eigenvalue weighted by molar-refractivity contribution is 9.08. The quantitative estimate of drug-likeness (QED) is 0.706. The molecule has 0 saturated heterocycles. The first-order valence-electron chi connectivity index (χ1n) is 5.15. The van der Waals surface area contributed by atoms with Crippen LogP contribution in [-0.4, -0.2) is 0 Å². The van der Waals surface area contributed by atoms with Crippen molar-refractivity contribution in [3.8, 4) is 0 Å². The number of benzene rings is 2. The van der Waals surface area contributed by atoms with Crippen molar-refractivity contribution in [2.24, 2.45) is 0 Å². The Balaban J connectivity index is 2.24.